The smallest absolute Gasteiger partial charge is 0.255 e. The summed E-state index contributed by atoms with van der Waals surface area (Å²) < 4.78 is 0. The minimum absolute atomic E-state index is 0.0421. The van der Waals surface area contributed by atoms with E-state index in [0.717, 1.165) is 44.6 Å². The molecule has 2 aromatic heterocycles. The lowest BCUT2D eigenvalue weighted by molar-refractivity contribution is -0.128. The van der Waals surface area contributed by atoms with Crippen LogP contribution in [0.1, 0.15) is 52.7 Å². The van der Waals surface area contributed by atoms with E-state index in [1.807, 2.05) is 77.0 Å². The molecule has 0 saturated carbocycles. The maximum atomic E-state index is 14.2. The van der Waals surface area contributed by atoms with Gasteiger partial charge in [-0.15, -0.1) is 11.3 Å². The summed E-state index contributed by atoms with van der Waals surface area (Å²) in [4.78, 5) is 34.7. The Morgan fingerprint density at radius 1 is 0.974 bits per heavy atom. The molecule has 3 unspecified atom stereocenters. The fraction of sp³-hybridized carbons (Fsp3) is 0.212. The summed E-state index contributed by atoms with van der Waals surface area (Å²) in [5.74, 6) is -0.263. The monoisotopic (exact) mass is 533 g/mol. The molecule has 39 heavy (non-hydrogen) atoms. The van der Waals surface area contributed by atoms with Crippen LogP contribution < -0.4 is 5.32 Å². The average Bonchev–Trinajstić information content (AvgIpc) is 3.70. The lowest BCUT2D eigenvalue weighted by atomic mass is 9.90. The van der Waals surface area contributed by atoms with E-state index in [-0.39, 0.29) is 17.7 Å². The first-order valence-electron chi connectivity index (χ1n) is 13.5. The Morgan fingerprint density at radius 3 is 2.49 bits per heavy atom. The van der Waals surface area contributed by atoms with Crippen molar-refractivity contribution >= 4 is 34.1 Å². The van der Waals surface area contributed by atoms with Gasteiger partial charge < -0.3 is 15.2 Å². The molecule has 3 heterocycles. The molecule has 0 bridgehead atoms. The number of aromatic amines is 1. The van der Waals surface area contributed by atoms with E-state index in [1.54, 1.807) is 11.3 Å². The van der Waals surface area contributed by atoms with Crippen LogP contribution in [0.4, 0.5) is 0 Å². The number of aromatic nitrogens is 1. The number of rotatable bonds is 8. The van der Waals surface area contributed by atoms with Crippen molar-refractivity contribution in [3.63, 3.8) is 0 Å². The summed E-state index contributed by atoms with van der Waals surface area (Å²) in [6, 6.07) is 29.2. The Balaban J connectivity index is 1.53. The normalized spacial score (nSPS) is 16.3. The van der Waals surface area contributed by atoms with Crippen LogP contribution in [0.2, 0.25) is 0 Å². The van der Waals surface area contributed by atoms with Crippen LogP contribution >= 0.6 is 11.3 Å². The molecule has 0 spiro atoms. The summed E-state index contributed by atoms with van der Waals surface area (Å²) in [6.07, 6.45) is 0.767. The molecule has 5 aromatic rings. The summed E-state index contributed by atoms with van der Waals surface area (Å²) >= 11 is 1.61. The maximum absolute atomic E-state index is 14.2. The number of para-hydroxylation sites is 1. The average molecular weight is 534 g/mol. The van der Waals surface area contributed by atoms with Crippen LogP contribution in [-0.2, 0) is 11.3 Å². The topological polar surface area (TPSA) is 65.2 Å². The highest BCUT2D eigenvalue weighted by Gasteiger charge is 2.47. The number of nitrogens with zero attached hydrogens (tertiary/aromatic N) is 1. The Bertz CT molecular complexity index is 1620. The standard InChI is InChI=1S/C33H31N3O2S/c1-3-21(2)30(32(37)34-20-23-14-11-19-39-23)36-31(24-15-7-8-16-25(24)33(36)38)28-26-17-9-10-18-27(26)35-29(28)22-12-5-4-6-13-22/h4-19,21,30-31,35H,3,20H2,1-2H3,(H,34,37). The van der Waals surface area contributed by atoms with E-state index < -0.39 is 12.1 Å². The molecule has 196 valence electrons. The van der Waals surface area contributed by atoms with Gasteiger partial charge in [-0.1, -0.05) is 93.1 Å². The third-order valence-corrected chi connectivity index (χ3v) is 8.73. The number of fused-ring (bicyclic) bond motifs is 2. The molecule has 0 aliphatic carbocycles. The Kier molecular flexibility index (Phi) is 6.79. The first-order valence-corrected chi connectivity index (χ1v) is 14.3. The largest absolute Gasteiger partial charge is 0.354 e. The van der Waals surface area contributed by atoms with Crippen LogP contribution in [0.3, 0.4) is 0 Å². The number of hydrogen-bond acceptors (Lipinski definition) is 3. The second-order valence-corrected chi connectivity index (χ2v) is 11.2. The van der Waals surface area contributed by atoms with Crippen molar-refractivity contribution in [2.75, 3.05) is 0 Å². The van der Waals surface area contributed by atoms with Crippen LogP contribution in [0.15, 0.2) is 96.4 Å². The fourth-order valence-corrected chi connectivity index (χ4v) is 6.42. The molecule has 0 saturated heterocycles. The van der Waals surface area contributed by atoms with Gasteiger partial charge in [0.2, 0.25) is 5.91 Å². The van der Waals surface area contributed by atoms with Crippen molar-refractivity contribution in [1.29, 1.82) is 0 Å². The molecule has 3 atom stereocenters. The van der Waals surface area contributed by atoms with Gasteiger partial charge in [-0.3, -0.25) is 9.59 Å². The van der Waals surface area contributed by atoms with Gasteiger partial charge in [-0.2, -0.15) is 0 Å². The molecule has 2 amide bonds. The number of carbonyl (C=O) groups is 2. The highest BCUT2D eigenvalue weighted by molar-refractivity contribution is 7.09. The van der Waals surface area contributed by atoms with Gasteiger partial charge in [0.15, 0.2) is 0 Å². The number of amides is 2. The summed E-state index contributed by atoms with van der Waals surface area (Å²) in [5, 5.41) is 6.20. The van der Waals surface area contributed by atoms with Crippen molar-refractivity contribution in [2.45, 2.75) is 38.9 Å². The van der Waals surface area contributed by atoms with Crippen molar-refractivity contribution in [3.05, 3.63) is 118 Å². The molecule has 6 rings (SSSR count). The van der Waals surface area contributed by atoms with E-state index in [1.165, 1.54) is 0 Å². The Morgan fingerprint density at radius 2 is 1.72 bits per heavy atom. The van der Waals surface area contributed by atoms with Crippen LogP contribution in [0.5, 0.6) is 0 Å². The van der Waals surface area contributed by atoms with Gasteiger partial charge in [-0.25, -0.2) is 0 Å². The number of thiophene rings is 1. The number of hydrogen-bond donors (Lipinski definition) is 2. The lowest BCUT2D eigenvalue weighted by Gasteiger charge is -2.36. The van der Waals surface area contributed by atoms with E-state index >= 15 is 0 Å². The van der Waals surface area contributed by atoms with Crippen LogP contribution in [-0.4, -0.2) is 27.7 Å². The van der Waals surface area contributed by atoms with E-state index in [0.29, 0.717) is 12.1 Å². The molecular weight excluding hydrogens is 502 g/mol. The van der Waals surface area contributed by atoms with E-state index in [2.05, 4.69) is 48.4 Å². The van der Waals surface area contributed by atoms with Crippen molar-refractivity contribution in [1.82, 2.24) is 15.2 Å². The molecule has 3 aromatic carbocycles. The van der Waals surface area contributed by atoms with Gasteiger partial charge in [0.25, 0.3) is 5.91 Å². The first kappa shape index (κ1) is 25.1. The second-order valence-electron chi connectivity index (χ2n) is 10.2. The number of carbonyl (C=O) groups excluding carboxylic acids is 2. The minimum Gasteiger partial charge on any atom is -0.354 e. The minimum atomic E-state index is -0.628. The van der Waals surface area contributed by atoms with Gasteiger partial charge >= 0.3 is 0 Å². The van der Waals surface area contributed by atoms with Crippen molar-refractivity contribution in [2.24, 2.45) is 5.92 Å². The zero-order valence-corrected chi connectivity index (χ0v) is 22.9. The molecule has 0 radical (unpaired) electrons. The molecule has 0 fully saturated rings. The Labute approximate surface area is 232 Å². The molecule has 1 aliphatic rings. The third-order valence-electron chi connectivity index (χ3n) is 7.85. The SMILES string of the molecule is CCC(C)C(C(=O)NCc1cccs1)N1C(=O)c2ccccc2C1c1c(-c2ccccc2)[nH]c2ccccc12. The van der Waals surface area contributed by atoms with Gasteiger partial charge in [-0.05, 0) is 40.6 Å². The highest BCUT2D eigenvalue weighted by atomic mass is 32.1. The zero-order valence-electron chi connectivity index (χ0n) is 22.1. The molecule has 2 N–H and O–H groups in total. The number of H-pyrrole nitrogens is 1. The van der Waals surface area contributed by atoms with Crippen LogP contribution in [0.25, 0.3) is 22.2 Å². The second kappa shape index (κ2) is 10.5. The predicted molar refractivity (Wildman–Crippen MR) is 158 cm³/mol. The molecular formula is C33H31N3O2S. The van der Waals surface area contributed by atoms with Crippen LogP contribution in [0, 0.1) is 5.92 Å². The summed E-state index contributed by atoms with van der Waals surface area (Å²) in [5.41, 5.74) is 5.63. The maximum Gasteiger partial charge on any atom is 0.255 e. The van der Waals surface area contributed by atoms with E-state index in [9.17, 15) is 9.59 Å². The zero-order chi connectivity index (χ0) is 26.9. The Hall–Kier alpha value is -4.16. The fourth-order valence-electron chi connectivity index (χ4n) is 5.77. The van der Waals surface area contributed by atoms with Gasteiger partial charge in [0.05, 0.1) is 18.3 Å². The highest BCUT2D eigenvalue weighted by Crippen LogP contribution is 2.47. The lowest BCUT2D eigenvalue weighted by Crippen LogP contribution is -2.51. The number of nitrogens with one attached hydrogen (secondary N) is 2. The predicted octanol–water partition coefficient (Wildman–Crippen LogP) is 7.17. The van der Waals surface area contributed by atoms with Gasteiger partial charge in [0, 0.05) is 26.9 Å². The number of benzene rings is 3. The van der Waals surface area contributed by atoms with Gasteiger partial charge in [0.1, 0.15) is 6.04 Å². The first-order chi connectivity index (χ1) is 19.1. The molecule has 1 aliphatic heterocycles. The van der Waals surface area contributed by atoms with Crippen molar-refractivity contribution < 1.29 is 9.59 Å². The van der Waals surface area contributed by atoms with E-state index in [4.69, 9.17) is 0 Å². The summed E-state index contributed by atoms with van der Waals surface area (Å²) in [7, 11) is 0. The quantitative estimate of drug-likeness (QED) is 0.222. The van der Waals surface area contributed by atoms with Crippen molar-refractivity contribution in [3.8, 4) is 11.3 Å². The molecule has 6 heteroatoms. The summed E-state index contributed by atoms with van der Waals surface area (Å²) in [6.45, 7) is 4.59. The third kappa shape index (κ3) is 4.45. The molecule has 5 nitrogen and oxygen atoms in total.